The van der Waals surface area contributed by atoms with E-state index in [4.69, 9.17) is 0 Å². The SMILES string of the molecule is CCC(C)(C)N(C)Cc1cccc(F)c1Br. The summed E-state index contributed by atoms with van der Waals surface area (Å²) in [6.07, 6.45) is 1.07. The second kappa shape index (κ2) is 5.28. The Bertz CT molecular complexity index is 363. The highest BCUT2D eigenvalue weighted by molar-refractivity contribution is 9.10. The van der Waals surface area contributed by atoms with Crippen LogP contribution in [-0.2, 0) is 6.54 Å². The van der Waals surface area contributed by atoms with Crippen LogP contribution in [0.5, 0.6) is 0 Å². The highest BCUT2D eigenvalue weighted by atomic mass is 79.9. The number of nitrogens with zero attached hydrogens (tertiary/aromatic N) is 1. The molecule has 0 aliphatic rings. The van der Waals surface area contributed by atoms with Crippen molar-refractivity contribution in [3.8, 4) is 0 Å². The van der Waals surface area contributed by atoms with Gasteiger partial charge in [-0.15, -0.1) is 0 Å². The summed E-state index contributed by atoms with van der Waals surface area (Å²) in [6, 6.07) is 5.18. The average Bonchev–Trinajstić information content (AvgIpc) is 2.24. The average molecular weight is 288 g/mol. The van der Waals surface area contributed by atoms with E-state index in [1.165, 1.54) is 6.07 Å². The molecule has 0 unspecified atom stereocenters. The third-order valence-corrected chi connectivity index (χ3v) is 4.23. The van der Waals surface area contributed by atoms with Crippen molar-refractivity contribution in [1.29, 1.82) is 0 Å². The minimum absolute atomic E-state index is 0.131. The van der Waals surface area contributed by atoms with Crippen molar-refractivity contribution in [2.24, 2.45) is 0 Å². The van der Waals surface area contributed by atoms with Gasteiger partial charge in [0.15, 0.2) is 0 Å². The quantitative estimate of drug-likeness (QED) is 0.802. The van der Waals surface area contributed by atoms with E-state index in [0.717, 1.165) is 18.5 Å². The van der Waals surface area contributed by atoms with Gasteiger partial charge in [-0.2, -0.15) is 0 Å². The fraction of sp³-hybridized carbons (Fsp3) is 0.538. The van der Waals surface area contributed by atoms with Crippen molar-refractivity contribution in [2.75, 3.05) is 7.05 Å². The van der Waals surface area contributed by atoms with Crippen LogP contribution in [0.2, 0.25) is 0 Å². The number of halogens is 2. The van der Waals surface area contributed by atoms with Gasteiger partial charge in [0.25, 0.3) is 0 Å². The van der Waals surface area contributed by atoms with E-state index in [2.05, 4.69) is 48.6 Å². The smallest absolute Gasteiger partial charge is 0.137 e. The summed E-state index contributed by atoms with van der Waals surface area (Å²) in [6.45, 7) is 7.30. The van der Waals surface area contributed by atoms with Gasteiger partial charge in [0.05, 0.1) is 4.47 Å². The maximum absolute atomic E-state index is 13.3. The minimum atomic E-state index is -0.194. The summed E-state index contributed by atoms with van der Waals surface area (Å²) < 4.78 is 13.9. The zero-order valence-corrected chi connectivity index (χ0v) is 11.9. The molecule has 0 saturated heterocycles. The van der Waals surface area contributed by atoms with Crippen LogP contribution >= 0.6 is 15.9 Å². The summed E-state index contributed by atoms with van der Waals surface area (Å²) in [4.78, 5) is 2.24. The molecule has 1 aromatic rings. The highest BCUT2D eigenvalue weighted by Gasteiger charge is 2.21. The summed E-state index contributed by atoms with van der Waals surface area (Å²) in [5, 5.41) is 0. The molecule has 0 aliphatic heterocycles. The van der Waals surface area contributed by atoms with Gasteiger partial charge in [0.1, 0.15) is 5.82 Å². The van der Waals surface area contributed by atoms with Gasteiger partial charge >= 0.3 is 0 Å². The molecule has 0 fully saturated rings. The van der Waals surface area contributed by atoms with Crippen molar-refractivity contribution in [2.45, 2.75) is 39.3 Å². The molecule has 0 bridgehead atoms. The third-order valence-electron chi connectivity index (χ3n) is 3.34. The normalized spacial score (nSPS) is 12.2. The number of benzene rings is 1. The molecule has 0 N–H and O–H groups in total. The van der Waals surface area contributed by atoms with Gasteiger partial charge in [-0.05, 0) is 54.9 Å². The molecule has 16 heavy (non-hydrogen) atoms. The summed E-state index contributed by atoms with van der Waals surface area (Å²) in [5.41, 5.74) is 1.12. The molecule has 1 rings (SSSR count). The molecule has 0 aromatic heterocycles. The zero-order valence-electron chi connectivity index (χ0n) is 10.3. The molecule has 0 heterocycles. The first-order valence-electron chi connectivity index (χ1n) is 5.52. The van der Waals surface area contributed by atoms with Gasteiger partial charge in [-0.3, -0.25) is 4.90 Å². The Morgan fingerprint density at radius 1 is 1.38 bits per heavy atom. The first-order valence-corrected chi connectivity index (χ1v) is 6.32. The van der Waals surface area contributed by atoms with E-state index in [1.54, 1.807) is 6.07 Å². The Kier molecular flexibility index (Phi) is 4.51. The van der Waals surface area contributed by atoms with Crippen molar-refractivity contribution in [3.05, 3.63) is 34.1 Å². The van der Waals surface area contributed by atoms with E-state index < -0.39 is 0 Å². The lowest BCUT2D eigenvalue weighted by Gasteiger charge is -2.35. The maximum atomic E-state index is 13.3. The lowest BCUT2D eigenvalue weighted by molar-refractivity contribution is 0.142. The Labute approximate surface area is 106 Å². The molecule has 0 spiro atoms. The van der Waals surface area contributed by atoms with Gasteiger partial charge < -0.3 is 0 Å². The van der Waals surface area contributed by atoms with Crippen molar-refractivity contribution < 1.29 is 4.39 Å². The summed E-state index contributed by atoms with van der Waals surface area (Å²) >= 11 is 3.30. The van der Waals surface area contributed by atoms with E-state index in [1.807, 2.05) is 6.07 Å². The predicted molar refractivity (Wildman–Crippen MR) is 69.9 cm³/mol. The lowest BCUT2D eigenvalue weighted by Crippen LogP contribution is -2.39. The van der Waals surface area contributed by atoms with Gasteiger partial charge in [-0.25, -0.2) is 4.39 Å². The van der Waals surface area contributed by atoms with Crippen LogP contribution in [0.1, 0.15) is 32.8 Å². The van der Waals surface area contributed by atoms with E-state index in [9.17, 15) is 4.39 Å². The first-order chi connectivity index (χ1) is 7.38. The fourth-order valence-corrected chi connectivity index (χ4v) is 1.80. The van der Waals surface area contributed by atoms with Crippen molar-refractivity contribution in [3.63, 3.8) is 0 Å². The molecular formula is C13H19BrFN. The number of rotatable bonds is 4. The summed E-state index contributed by atoms with van der Waals surface area (Å²) in [7, 11) is 2.07. The summed E-state index contributed by atoms with van der Waals surface area (Å²) in [5.74, 6) is -0.194. The lowest BCUT2D eigenvalue weighted by atomic mass is 9.99. The van der Waals surface area contributed by atoms with Crippen molar-refractivity contribution >= 4 is 15.9 Å². The van der Waals surface area contributed by atoms with Crippen LogP contribution in [0.25, 0.3) is 0 Å². The molecule has 3 heteroatoms. The maximum Gasteiger partial charge on any atom is 0.137 e. The molecule has 90 valence electrons. The second-order valence-electron chi connectivity index (χ2n) is 4.73. The van der Waals surface area contributed by atoms with E-state index in [0.29, 0.717) is 4.47 Å². The second-order valence-corrected chi connectivity index (χ2v) is 5.53. The van der Waals surface area contributed by atoms with Crippen LogP contribution in [0, 0.1) is 5.82 Å². The Balaban J connectivity index is 2.85. The molecule has 1 aromatic carbocycles. The first kappa shape index (κ1) is 13.7. The monoisotopic (exact) mass is 287 g/mol. The number of hydrogen-bond acceptors (Lipinski definition) is 1. The van der Waals surface area contributed by atoms with E-state index in [-0.39, 0.29) is 11.4 Å². The molecule has 0 aliphatic carbocycles. The molecule has 0 radical (unpaired) electrons. The fourth-order valence-electron chi connectivity index (χ4n) is 1.41. The standard InChI is InChI=1S/C13H19BrFN/c1-5-13(2,3)16(4)9-10-7-6-8-11(15)12(10)14/h6-8H,5,9H2,1-4H3. The van der Waals surface area contributed by atoms with Crippen LogP contribution in [0.3, 0.4) is 0 Å². The van der Waals surface area contributed by atoms with Crippen LogP contribution in [-0.4, -0.2) is 17.5 Å². The highest BCUT2D eigenvalue weighted by Crippen LogP contribution is 2.25. The van der Waals surface area contributed by atoms with E-state index >= 15 is 0 Å². The zero-order chi connectivity index (χ0) is 12.3. The van der Waals surface area contributed by atoms with Gasteiger partial charge in [0.2, 0.25) is 0 Å². The van der Waals surface area contributed by atoms with Crippen LogP contribution in [0.15, 0.2) is 22.7 Å². The number of hydrogen-bond donors (Lipinski definition) is 0. The molecule has 0 saturated carbocycles. The Morgan fingerprint density at radius 2 is 2.00 bits per heavy atom. The molecular weight excluding hydrogens is 269 g/mol. The van der Waals surface area contributed by atoms with Crippen LogP contribution in [0.4, 0.5) is 4.39 Å². The van der Waals surface area contributed by atoms with Crippen LogP contribution < -0.4 is 0 Å². The Hall–Kier alpha value is -0.410. The van der Waals surface area contributed by atoms with Crippen molar-refractivity contribution in [1.82, 2.24) is 4.90 Å². The topological polar surface area (TPSA) is 3.24 Å². The third kappa shape index (κ3) is 3.05. The minimum Gasteiger partial charge on any atom is -0.297 e. The molecule has 0 atom stereocenters. The Morgan fingerprint density at radius 3 is 2.56 bits per heavy atom. The predicted octanol–water partition coefficient (Wildman–Crippen LogP) is 4.21. The molecule has 1 nitrogen and oxygen atoms in total. The molecule has 0 amide bonds. The largest absolute Gasteiger partial charge is 0.297 e. The van der Waals surface area contributed by atoms with Gasteiger partial charge in [-0.1, -0.05) is 19.1 Å². The van der Waals surface area contributed by atoms with Gasteiger partial charge in [0, 0.05) is 12.1 Å².